The number of carbonyl (C=O) groups excluding carboxylic acids is 2. The lowest BCUT2D eigenvalue weighted by atomic mass is 10.1. The zero-order valence-electron chi connectivity index (χ0n) is 13.9. The van der Waals surface area contributed by atoms with E-state index in [2.05, 4.69) is 0 Å². The molecule has 4 nitrogen and oxygen atoms in total. The number of benzene rings is 2. The van der Waals surface area contributed by atoms with Crippen molar-refractivity contribution in [2.45, 2.75) is 13.3 Å². The van der Waals surface area contributed by atoms with Crippen LogP contribution in [-0.2, 0) is 11.2 Å². The third-order valence-electron chi connectivity index (χ3n) is 4.49. The van der Waals surface area contributed by atoms with Crippen molar-refractivity contribution < 1.29 is 9.59 Å². The van der Waals surface area contributed by atoms with Crippen LogP contribution in [0.2, 0.25) is 0 Å². The molecule has 1 aliphatic rings. The maximum Gasteiger partial charge on any atom is 0.254 e. The van der Waals surface area contributed by atoms with Crippen LogP contribution in [0.4, 0.5) is 0 Å². The second-order valence-corrected chi connectivity index (χ2v) is 6.15. The van der Waals surface area contributed by atoms with E-state index >= 15 is 0 Å². The Morgan fingerprint density at radius 1 is 0.833 bits per heavy atom. The van der Waals surface area contributed by atoms with Gasteiger partial charge < -0.3 is 9.80 Å². The monoisotopic (exact) mass is 322 g/mol. The summed E-state index contributed by atoms with van der Waals surface area (Å²) in [6.07, 6.45) is 0.423. The second-order valence-electron chi connectivity index (χ2n) is 6.15. The molecule has 0 aliphatic carbocycles. The Bertz CT molecular complexity index is 719. The standard InChI is InChI=1S/C20H22N2O2/c1-16-7-5-6-10-18(16)20(24)22-13-11-21(12-14-22)19(23)15-17-8-3-2-4-9-17/h2-10H,11-15H2,1H3. The van der Waals surface area contributed by atoms with Crippen molar-refractivity contribution in [2.24, 2.45) is 0 Å². The van der Waals surface area contributed by atoms with Crippen LogP contribution in [-0.4, -0.2) is 47.8 Å². The third kappa shape index (κ3) is 3.65. The lowest BCUT2D eigenvalue weighted by Gasteiger charge is -2.35. The molecule has 0 saturated carbocycles. The molecule has 0 spiro atoms. The molecule has 2 aromatic rings. The van der Waals surface area contributed by atoms with Crippen molar-refractivity contribution in [3.05, 3.63) is 71.3 Å². The predicted octanol–water partition coefficient (Wildman–Crippen LogP) is 2.52. The van der Waals surface area contributed by atoms with Gasteiger partial charge in [0.25, 0.3) is 5.91 Å². The number of amides is 2. The number of rotatable bonds is 3. The van der Waals surface area contributed by atoms with Crippen LogP contribution in [0, 0.1) is 6.92 Å². The summed E-state index contributed by atoms with van der Waals surface area (Å²) in [5.74, 6) is 0.187. The molecule has 0 bridgehead atoms. The van der Waals surface area contributed by atoms with Crippen LogP contribution in [0.5, 0.6) is 0 Å². The van der Waals surface area contributed by atoms with E-state index in [4.69, 9.17) is 0 Å². The van der Waals surface area contributed by atoms with Crippen LogP contribution >= 0.6 is 0 Å². The van der Waals surface area contributed by atoms with Gasteiger partial charge in [0.1, 0.15) is 0 Å². The number of nitrogens with zero attached hydrogens (tertiary/aromatic N) is 2. The molecule has 0 unspecified atom stereocenters. The molecule has 3 rings (SSSR count). The van der Waals surface area contributed by atoms with Gasteiger partial charge in [-0.3, -0.25) is 9.59 Å². The largest absolute Gasteiger partial charge is 0.339 e. The Morgan fingerprint density at radius 2 is 1.42 bits per heavy atom. The highest BCUT2D eigenvalue weighted by Gasteiger charge is 2.25. The van der Waals surface area contributed by atoms with E-state index in [9.17, 15) is 9.59 Å². The molecule has 0 N–H and O–H groups in total. The number of hydrogen-bond acceptors (Lipinski definition) is 2. The quantitative estimate of drug-likeness (QED) is 0.871. The Morgan fingerprint density at radius 3 is 2.08 bits per heavy atom. The Hall–Kier alpha value is -2.62. The number of hydrogen-bond donors (Lipinski definition) is 0. The first-order chi connectivity index (χ1) is 11.6. The zero-order valence-corrected chi connectivity index (χ0v) is 13.9. The van der Waals surface area contributed by atoms with Gasteiger partial charge in [-0.2, -0.15) is 0 Å². The molecule has 1 saturated heterocycles. The van der Waals surface area contributed by atoms with E-state index in [0.717, 1.165) is 16.7 Å². The highest BCUT2D eigenvalue weighted by atomic mass is 16.2. The Kier molecular flexibility index (Phi) is 4.94. The molecule has 124 valence electrons. The highest BCUT2D eigenvalue weighted by Crippen LogP contribution is 2.13. The molecule has 0 aromatic heterocycles. The Balaban J connectivity index is 1.57. The van der Waals surface area contributed by atoms with Gasteiger partial charge in [-0.1, -0.05) is 48.5 Å². The number of piperazine rings is 1. The van der Waals surface area contributed by atoms with E-state index in [0.29, 0.717) is 32.6 Å². The minimum absolute atomic E-state index is 0.0586. The molecule has 1 aliphatic heterocycles. The fraction of sp³-hybridized carbons (Fsp3) is 0.300. The molecular formula is C20H22N2O2. The summed E-state index contributed by atoms with van der Waals surface area (Å²) in [5, 5.41) is 0. The van der Waals surface area contributed by atoms with Gasteiger partial charge in [-0.15, -0.1) is 0 Å². The lowest BCUT2D eigenvalue weighted by molar-refractivity contribution is -0.131. The Labute approximate surface area is 142 Å². The van der Waals surface area contributed by atoms with Crippen LogP contribution in [0.15, 0.2) is 54.6 Å². The van der Waals surface area contributed by atoms with Crippen molar-refractivity contribution in [3.8, 4) is 0 Å². The lowest BCUT2D eigenvalue weighted by Crippen LogP contribution is -2.51. The topological polar surface area (TPSA) is 40.6 Å². The van der Waals surface area contributed by atoms with E-state index < -0.39 is 0 Å². The molecule has 1 heterocycles. The van der Waals surface area contributed by atoms with Crippen molar-refractivity contribution in [2.75, 3.05) is 26.2 Å². The van der Waals surface area contributed by atoms with Crippen molar-refractivity contribution in [1.29, 1.82) is 0 Å². The van der Waals surface area contributed by atoms with Gasteiger partial charge >= 0.3 is 0 Å². The molecule has 2 aromatic carbocycles. The summed E-state index contributed by atoms with van der Waals surface area (Å²) in [6, 6.07) is 17.4. The molecule has 2 amide bonds. The summed E-state index contributed by atoms with van der Waals surface area (Å²) in [6.45, 7) is 4.33. The number of aryl methyl sites for hydroxylation is 1. The second kappa shape index (κ2) is 7.30. The summed E-state index contributed by atoms with van der Waals surface area (Å²) < 4.78 is 0. The van der Waals surface area contributed by atoms with Gasteiger partial charge in [0.2, 0.25) is 5.91 Å². The minimum atomic E-state index is 0.0586. The van der Waals surface area contributed by atoms with Crippen molar-refractivity contribution in [1.82, 2.24) is 9.80 Å². The van der Waals surface area contributed by atoms with E-state index in [1.54, 1.807) is 0 Å². The SMILES string of the molecule is Cc1ccccc1C(=O)N1CCN(C(=O)Cc2ccccc2)CC1. The van der Waals surface area contributed by atoms with Gasteiger partial charge in [0.15, 0.2) is 0 Å². The summed E-state index contributed by atoms with van der Waals surface area (Å²) >= 11 is 0. The van der Waals surface area contributed by atoms with E-state index in [-0.39, 0.29) is 11.8 Å². The predicted molar refractivity (Wildman–Crippen MR) is 93.8 cm³/mol. The summed E-state index contributed by atoms with van der Waals surface area (Å²) in [7, 11) is 0. The maximum atomic E-state index is 12.6. The van der Waals surface area contributed by atoms with Crippen molar-refractivity contribution in [3.63, 3.8) is 0 Å². The van der Waals surface area contributed by atoms with Gasteiger partial charge in [0.05, 0.1) is 6.42 Å². The zero-order chi connectivity index (χ0) is 16.9. The third-order valence-corrected chi connectivity index (χ3v) is 4.49. The van der Waals surface area contributed by atoms with Crippen LogP contribution in [0.3, 0.4) is 0 Å². The molecule has 4 heteroatoms. The summed E-state index contributed by atoms with van der Waals surface area (Å²) in [4.78, 5) is 28.7. The highest BCUT2D eigenvalue weighted by molar-refractivity contribution is 5.95. The normalized spacial score (nSPS) is 14.5. The van der Waals surface area contributed by atoms with Gasteiger partial charge in [-0.25, -0.2) is 0 Å². The summed E-state index contributed by atoms with van der Waals surface area (Å²) in [5.41, 5.74) is 2.77. The molecular weight excluding hydrogens is 300 g/mol. The molecule has 0 radical (unpaired) electrons. The average molecular weight is 322 g/mol. The molecule has 0 atom stereocenters. The molecule has 24 heavy (non-hydrogen) atoms. The maximum absolute atomic E-state index is 12.6. The number of carbonyl (C=O) groups is 2. The van der Waals surface area contributed by atoms with Crippen LogP contribution < -0.4 is 0 Å². The fourth-order valence-electron chi connectivity index (χ4n) is 3.02. The molecule has 1 fully saturated rings. The minimum Gasteiger partial charge on any atom is -0.339 e. The first-order valence-electron chi connectivity index (χ1n) is 8.32. The van der Waals surface area contributed by atoms with Gasteiger partial charge in [-0.05, 0) is 24.1 Å². The van der Waals surface area contributed by atoms with Crippen molar-refractivity contribution >= 4 is 11.8 Å². The smallest absolute Gasteiger partial charge is 0.254 e. The first kappa shape index (κ1) is 16.2. The van der Waals surface area contributed by atoms with E-state index in [1.165, 1.54) is 0 Å². The average Bonchev–Trinajstić information content (AvgIpc) is 2.62. The van der Waals surface area contributed by atoms with E-state index in [1.807, 2.05) is 71.3 Å². The van der Waals surface area contributed by atoms with Crippen LogP contribution in [0.1, 0.15) is 21.5 Å². The van der Waals surface area contributed by atoms with Gasteiger partial charge in [0, 0.05) is 31.7 Å². The van der Waals surface area contributed by atoms with Crippen LogP contribution in [0.25, 0.3) is 0 Å². The fourth-order valence-corrected chi connectivity index (χ4v) is 3.02. The first-order valence-corrected chi connectivity index (χ1v) is 8.32.